The number of esters is 1. The summed E-state index contributed by atoms with van der Waals surface area (Å²) in [5.74, 6) is 1.14. The van der Waals surface area contributed by atoms with Gasteiger partial charge in [0.2, 0.25) is 0 Å². The lowest BCUT2D eigenvalue weighted by atomic mass is 9.99. The van der Waals surface area contributed by atoms with Crippen LogP contribution < -0.4 is 5.32 Å². The van der Waals surface area contributed by atoms with E-state index in [-0.39, 0.29) is 5.97 Å². The quantitative estimate of drug-likeness (QED) is 0.816. The second kappa shape index (κ2) is 7.98. The molecule has 2 rings (SSSR count). The summed E-state index contributed by atoms with van der Waals surface area (Å²) in [6.45, 7) is 8.59. The molecular weight excluding hydrogens is 266 g/mol. The first kappa shape index (κ1) is 15.8. The Kier molecular flexibility index (Phi) is 5.99. The lowest BCUT2D eigenvalue weighted by Gasteiger charge is -2.30. The third kappa shape index (κ3) is 4.70. The first-order valence-electron chi connectivity index (χ1n) is 7.79. The summed E-state index contributed by atoms with van der Waals surface area (Å²) in [4.78, 5) is 18.6. The first-order valence-corrected chi connectivity index (χ1v) is 7.79. The summed E-state index contributed by atoms with van der Waals surface area (Å²) in [6.07, 6.45) is 4.24. The van der Waals surface area contributed by atoms with E-state index in [2.05, 4.69) is 22.1 Å². The molecule has 5 nitrogen and oxygen atoms in total. The summed E-state index contributed by atoms with van der Waals surface area (Å²) >= 11 is 0. The fourth-order valence-corrected chi connectivity index (χ4v) is 2.54. The van der Waals surface area contributed by atoms with Gasteiger partial charge < -0.3 is 15.0 Å². The molecule has 116 valence electrons. The van der Waals surface area contributed by atoms with Gasteiger partial charge >= 0.3 is 5.97 Å². The monoisotopic (exact) mass is 291 g/mol. The van der Waals surface area contributed by atoms with Gasteiger partial charge in [0, 0.05) is 19.3 Å². The van der Waals surface area contributed by atoms with Crippen molar-refractivity contribution in [1.82, 2.24) is 9.88 Å². The Hall–Kier alpha value is -1.62. The van der Waals surface area contributed by atoms with Crippen molar-refractivity contribution >= 4 is 11.8 Å². The Morgan fingerprint density at radius 2 is 2.24 bits per heavy atom. The number of ether oxygens (including phenoxy) is 1. The average molecular weight is 291 g/mol. The summed E-state index contributed by atoms with van der Waals surface area (Å²) < 4.78 is 5.05. The number of carbonyl (C=O) groups is 1. The minimum Gasteiger partial charge on any atom is -0.462 e. The van der Waals surface area contributed by atoms with Crippen molar-refractivity contribution in [3.05, 3.63) is 23.9 Å². The maximum atomic E-state index is 11.9. The maximum absolute atomic E-state index is 11.9. The second-order valence-corrected chi connectivity index (χ2v) is 5.57. The van der Waals surface area contributed by atoms with Crippen LogP contribution in [-0.2, 0) is 4.74 Å². The van der Waals surface area contributed by atoms with E-state index in [1.807, 2.05) is 0 Å². The molecule has 1 saturated heterocycles. The molecule has 0 radical (unpaired) electrons. The van der Waals surface area contributed by atoms with Gasteiger partial charge in [-0.1, -0.05) is 6.92 Å². The van der Waals surface area contributed by atoms with E-state index in [0.717, 1.165) is 32.1 Å². The van der Waals surface area contributed by atoms with E-state index in [4.69, 9.17) is 4.74 Å². The SMILES string of the molecule is CCOC(=O)c1cccnc1NCCN1CCC(C)CC1. The third-order valence-electron chi connectivity index (χ3n) is 3.90. The van der Waals surface area contributed by atoms with E-state index in [9.17, 15) is 4.79 Å². The predicted octanol–water partition coefficient (Wildman–Crippen LogP) is 2.40. The molecule has 0 aromatic carbocycles. The Morgan fingerprint density at radius 3 is 2.95 bits per heavy atom. The summed E-state index contributed by atoms with van der Waals surface area (Å²) in [7, 11) is 0. The number of carbonyl (C=O) groups excluding carboxylic acids is 1. The maximum Gasteiger partial charge on any atom is 0.341 e. The molecule has 0 amide bonds. The highest BCUT2D eigenvalue weighted by molar-refractivity contribution is 5.94. The number of anilines is 1. The van der Waals surface area contributed by atoms with Gasteiger partial charge in [-0.15, -0.1) is 0 Å². The van der Waals surface area contributed by atoms with Crippen LogP contribution >= 0.6 is 0 Å². The van der Waals surface area contributed by atoms with Crippen LogP contribution in [0.3, 0.4) is 0 Å². The van der Waals surface area contributed by atoms with Crippen LogP contribution in [0.25, 0.3) is 0 Å². The molecule has 0 spiro atoms. The molecule has 1 N–H and O–H groups in total. The zero-order chi connectivity index (χ0) is 15.1. The van der Waals surface area contributed by atoms with Crippen LogP contribution in [0.5, 0.6) is 0 Å². The van der Waals surface area contributed by atoms with Crippen LogP contribution in [0.2, 0.25) is 0 Å². The predicted molar refractivity (Wildman–Crippen MR) is 83.5 cm³/mol. The first-order chi connectivity index (χ1) is 10.2. The zero-order valence-corrected chi connectivity index (χ0v) is 13.0. The standard InChI is InChI=1S/C16H25N3O2/c1-3-21-16(20)14-5-4-8-17-15(14)18-9-12-19-10-6-13(2)7-11-19/h4-5,8,13H,3,6-7,9-12H2,1-2H3,(H,17,18). The van der Waals surface area contributed by atoms with Crippen LogP contribution in [-0.4, -0.2) is 48.6 Å². The molecule has 0 unspecified atom stereocenters. The van der Waals surface area contributed by atoms with Gasteiger partial charge in [0.1, 0.15) is 11.4 Å². The van der Waals surface area contributed by atoms with Gasteiger partial charge in [-0.3, -0.25) is 0 Å². The Bertz CT molecular complexity index is 457. The zero-order valence-electron chi connectivity index (χ0n) is 13.0. The number of hydrogen-bond acceptors (Lipinski definition) is 5. The van der Waals surface area contributed by atoms with Crippen LogP contribution in [0.4, 0.5) is 5.82 Å². The van der Waals surface area contributed by atoms with Gasteiger partial charge in [-0.05, 0) is 50.9 Å². The fraction of sp³-hybridized carbons (Fsp3) is 0.625. The number of aromatic nitrogens is 1. The molecular formula is C16H25N3O2. The largest absolute Gasteiger partial charge is 0.462 e. The number of pyridine rings is 1. The normalized spacial score (nSPS) is 16.7. The van der Waals surface area contributed by atoms with Crippen LogP contribution in [0, 0.1) is 5.92 Å². The molecule has 5 heteroatoms. The molecule has 2 heterocycles. The average Bonchev–Trinajstić information content (AvgIpc) is 2.50. The molecule has 1 aromatic heterocycles. The molecule has 0 atom stereocenters. The Balaban J connectivity index is 1.84. The van der Waals surface area contributed by atoms with E-state index >= 15 is 0 Å². The lowest BCUT2D eigenvalue weighted by molar-refractivity contribution is 0.0527. The number of piperidine rings is 1. The van der Waals surface area contributed by atoms with Crippen LogP contribution in [0.15, 0.2) is 18.3 Å². The van der Waals surface area contributed by atoms with Crippen molar-refractivity contribution < 1.29 is 9.53 Å². The van der Waals surface area contributed by atoms with Gasteiger partial charge in [0.25, 0.3) is 0 Å². The fourth-order valence-electron chi connectivity index (χ4n) is 2.54. The number of rotatable bonds is 6. The second-order valence-electron chi connectivity index (χ2n) is 5.57. The van der Waals surface area contributed by atoms with Crippen molar-refractivity contribution in [2.24, 2.45) is 5.92 Å². The van der Waals surface area contributed by atoms with Crippen molar-refractivity contribution in [3.63, 3.8) is 0 Å². The smallest absolute Gasteiger partial charge is 0.341 e. The molecule has 0 aliphatic carbocycles. The Morgan fingerprint density at radius 1 is 1.48 bits per heavy atom. The summed E-state index contributed by atoms with van der Waals surface area (Å²) in [5.41, 5.74) is 0.506. The molecule has 21 heavy (non-hydrogen) atoms. The topological polar surface area (TPSA) is 54.5 Å². The van der Waals surface area contributed by atoms with Crippen LogP contribution in [0.1, 0.15) is 37.0 Å². The molecule has 1 aromatic rings. The van der Waals surface area contributed by atoms with Gasteiger partial charge in [0.15, 0.2) is 0 Å². The van der Waals surface area contributed by atoms with E-state index in [1.54, 1.807) is 25.3 Å². The van der Waals surface area contributed by atoms with Gasteiger partial charge in [-0.25, -0.2) is 9.78 Å². The number of likely N-dealkylation sites (tertiary alicyclic amines) is 1. The van der Waals surface area contributed by atoms with Crippen molar-refractivity contribution in [2.45, 2.75) is 26.7 Å². The molecule has 1 fully saturated rings. The van der Waals surface area contributed by atoms with E-state index < -0.39 is 0 Å². The number of nitrogens with one attached hydrogen (secondary N) is 1. The number of nitrogens with zero attached hydrogens (tertiary/aromatic N) is 2. The molecule has 0 saturated carbocycles. The Labute approximate surface area is 126 Å². The van der Waals surface area contributed by atoms with Crippen molar-refractivity contribution in [2.75, 3.05) is 38.1 Å². The number of hydrogen-bond donors (Lipinski definition) is 1. The summed E-state index contributed by atoms with van der Waals surface area (Å²) in [5, 5.41) is 3.26. The minimum absolute atomic E-state index is 0.320. The molecule has 0 bridgehead atoms. The molecule has 1 aliphatic rings. The summed E-state index contributed by atoms with van der Waals surface area (Å²) in [6, 6.07) is 3.50. The van der Waals surface area contributed by atoms with Crippen molar-refractivity contribution in [3.8, 4) is 0 Å². The van der Waals surface area contributed by atoms with Gasteiger partial charge in [-0.2, -0.15) is 0 Å². The van der Waals surface area contributed by atoms with Gasteiger partial charge in [0.05, 0.1) is 6.61 Å². The highest BCUT2D eigenvalue weighted by atomic mass is 16.5. The minimum atomic E-state index is -0.320. The van der Waals surface area contributed by atoms with E-state index in [0.29, 0.717) is 18.0 Å². The highest BCUT2D eigenvalue weighted by Gasteiger charge is 2.16. The highest BCUT2D eigenvalue weighted by Crippen LogP contribution is 2.16. The molecule has 1 aliphatic heterocycles. The van der Waals surface area contributed by atoms with Crippen molar-refractivity contribution in [1.29, 1.82) is 0 Å². The lowest BCUT2D eigenvalue weighted by Crippen LogP contribution is -2.36. The van der Waals surface area contributed by atoms with E-state index in [1.165, 1.54) is 12.8 Å². The third-order valence-corrected chi connectivity index (χ3v) is 3.90.